The number of aldehydes is 1. The van der Waals surface area contributed by atoms with Gasteiger partial charge in [-0.2, -0.15) is 0 Å². The molecule has 0 aliphatic rings. The van der Waals surface area contributed by atoms with Crippen LogP contribution in [0.1, 0.15) is 15.2 Å². The highest BCUT2D eigenvalue weighted by Crippen LogP contribution is 2.23. The Morgan fingerprint density at radius 2 is 2.33 bits per heavy atom. The van der Waals surface area contributed by atoms with Crippen molar-refractivity contribution >= 4 is 23.3 Å². The van der Waals surface area contributed by atoms with Crippen LogP contribution in [0.2, 0.25) is 0 Å². The predicted octanol–water partition coefficient (Wildman–Crippen LogP) is 2.44. The Labute approximate surface area is 106 Å². The zero-order valence-corrected chi connectivity index (χ0v) is 9.92. The SMILES string of the molecule is O=Cc1cc([N+](=O)[O-])ccc1OCc1cncs1. The average molecular weight is 264 g/mol. The number of benzene rings is 1. The van der Waals surface area contributed by atoms with Gasteiger partial charge in [0.25, 0.3) is 5.69 Å². The molecule has 0 amide bonds. The van der Waals surface area contributed by atoms with E-state index in [0.29, 0.717) is 12.0 Å². The first-order valence-electron chi connectivity index (χ1n) is 4.94. The lowest BCUT2D eigenvalue weighted by Crippen LogP contribution is -1.98. The van der Waals surface area contributed by atoms with Gasteiger partial charge in [-0.3, -0.25) is 19.9 Å². The molecule has 0 saturated heterocycles. The first-order chi connectivity index (χ1) is 8.70. The van der Waals surface area contributed by atoms with Crippen molar-refractivity contribution in [3.05, 3.63) is 50.5 Å². The van der Waals surface area contributed by atoms with Crippen LogP contribution < -0.4 is 4.74 Å². The molecule has 0 spiro atoms. The van der Waals surface area contributed by atoms with Gasteiger partial charge in [0.1, 0.15) is 12.4 Å². The molecule has 1 heterocycles. The molecule has 0 N–H and O–H groups in total. The second-order valence-corrected chi connectivity index (χ2v) is 4.32. The minimum atomic E-state index is -0.556. The number of carbonyl (C=O) groups is 1. The summed E-state index contributed by atoms with van der Waals surface area (Å²) in [6.45, 7) is 0.281. The van der Waals surface area contributed by atoms with Gasteiger partial charge in [0.2, 0.25) is 0 Å². The van der Waals surface area contributed by atoms with Gasteiger partial charge in [-0.05, 0) is 6.07 Å². The third-order valence-electron chi connectivity index (χ3n) is 2.18. The van der Waals surface area contributed by atoms with Gasteiger partial charge in [0, 0.05) is 18.3 Å². The van der Waals surface area contributed by atoms with Crippen molar-refractivity contribution < 1.29 is 14.5 Å². The van der Waals surface area contributed by atoms with Crippen LogP contribution in [0.5, 0.6) is 5.75 Å². The van der Waals surface area contributed by atoms with Crippen LogP contribution in [0.4, 0.5) is 5.69 Å². The molecule has 0 saturated carbocycles. The van der Waals surface area contributed by atoms with Gasteiger partial charge in [-0.1, -0.05) is 0 Å². The van der Waals surface area contributed by atoms with E-state index in [1.54, 1.807) is 11.7 Å². The lowest BCUT2D eigenvalue weighted by Gasteiger charge is -2.06. The topological polar surface area (TPSA) is 82.3 Å². The Kier molecular flexibility index (Phi) is 3.63. The van der Waals surface area contributed by atoms with Crippen LogP contribution in [0.25, 0.3) is 0 Å². The summed E-state index contributed by atoms with van der Waals surface area (Å²) in [4.78, 5) is 25.7. The first-order valence-corrected chi connectivity index (χ1v) is 5.82. The molecule has 0 aliphatic heterocycles. The average Bonchev–Trinajstić information content (AvgIpc) is 2.89. The molecule has 1 aromatic carbocycles. The number of aromatic nitrogens is 1. The van der Waals surface area contributed by atoms with Crippen molar-refractivity contribution in [3.63, 3.8) is 0 Å². The predicted molar refractivity (Wildman–Crippen MR) is 64.9 cm³/mol. The van der Waals surface area contributed by atoms with Crippen molar-refractivity contribution in [3.8, 4) is 5.75 Å². The van der Waals surface area contributed by atoms with E-state index in [9.17, 15) is 14.9 Å². The summed E-state index contributed by atoms with van der Waals surface area (Å²) in [6.07, 6.45) is 2.20. The number of nitrogens with zero attached hydrogens (tertiary/aromatic N) is 2. The monoisotopic (exact) mass is 264 g/mol. The standard InChI is InChI=1S/C11H8N2O4S/c14-5-8-3-9(13(15)16)1-2-11(8)17-6-10-4-12-7-18-10/h1-5,7H,6H2. The fourth-order valence-corrected chi connectivity index (χ4v) is 1.84. The summed E-state index contributed by atoms with van der Waals surface area (Å²) in [5, 5.41) is 10.6. The fraction of sp³-hybridized carbons (Fsp3) is 0.0909. The molecule has 6 nitrogen and oxygen atoms in total. The normalized spacial score (nSPS) is 10.0. The van der Waals surface area contributed by atoms with Crippen molar-refractivity contribution in [2.75, 3.05) is 0 Å². The summed E-state index contributed by atoms with van der Waals surface area (Å²) in [6, 6.07) is 3.91. The van der Waals surface area contributed by atoms with E-state index in [-0.39, 0.29) is 17.9 Å². The highest BCUT2D eigenvalue weighted by atomic mass is 32.1. The molecule has 0 radical (unpaired) electrons. The number of nitro benzene ring substituents is 1. The van der Waals surface area contributed by atoms with Crippen LogP contribution in [0.15, 0.2) is 29.9 Å². The maximum absolute atomic E-state index is 10.9. The van der Waals surface area contributed by atoms with Crippen molar-refractivity contribution in [2.24, 2.45) is 0 Å². The Hall–Kier alpha value is -2.28. The molecular weight excluding hydrogens is 256 g/mol. The van der Waals surface area contributed by atoms with E-state index in [1.165, 1.54) is 29.5 Å². The Morgan fingerprint density at radius 3 is 2.94 bits per heavy atom. The summed E-state index contributed by atoms with van der Waals surface area (Å²) >= 11 is 1.43. The highest BCUT2D eigenvalue weighted by Gasteiger charge is 2.11. The van der Waals surface area contributed by atoms with Gasteiger partial charge in [-0.25, -0.2) is 0 Å². The maximum Gasteiger partial charge on any atom is 0.270 e. The summed E-state index contributed by atoms with van der Waals surface area (Å²) < 4.78 is 5.42. The smallest absolute Gasteiger partial charge is 0.270 e. The van der Waals surface area contributed by atoms with Crippen LogP contribution in [-0.4, -0.2) is 16.2 Å². The molecule has 92 valence electrons. The molecule has 2 rings (SSSR count). The van der Waals surface area contributed by atoms with E-state index in [0.717, 1.165) is 4.88 Å². The van der Waals surface area contributed by atoms with E-state index in [4.69, 9.17) is 4.74 Å². The number of ether oxygens (including phenoxy) is 1. The van der Waals surface area contributed by atoms with E-state index < -0.39 is 4.92 Å². The van der Waals surface area contributed by atoms with Crippen LogP contribution in [-0.2, 0) is 6.61 Å². The zero-order chi connectivity index (χ0) is 13.0. The molecule has 0 fully saturated rings. The zero-order valence-electron chi connectivity index (χ0n) is 9.11. The first kappa shape index (κ1) is 12.2. The van der Waals surface area contributed by atoms with Gasteiger partial charge in [0.15, 0.2) is 6.29 Å². The molecule has 0 unspecified atom stereocenters. The molecule has 18 heavy (non-hydrogen) atoms. The van der Waals surface area contributed by atoms with E-state index in [2.05, 4.69) is 4.98 Å². The second-order valence-electron chi connectivity index (χ2n) is 3.35. The minimum absolute atomic E-state index is 0.137. The van der Waals surface area contributed by atoms with Crippen LogP contribution in [0.3, 0.4) is 0 Å². The molecule has 7 heteroatoms. The Morgan fingerprint density at radius 1 is 1.50 bits per heavy atom. The lowest BCUT2D eigenvalue weighted by atomic mass is 10.2. The summed E-state index contributed by atoms with van der Waals surface area (Å²) in [7, 11) is 0. The lowest BCUT2D eigenvalue weighted by molar-refractivity contribution is -0.384. The Balaban J connectivity index is 2.17. The largest absolute Gasteiger partial charge is 0.487 e. The second kappa shape index (κ2) is 5.37. The quantitative estimate of drug-likeness (QED) is 0.470. The molecular formula is C11H8N2O4S. The van der Waals surface area contributed by atoms with Crippen molar-refractivity contribution in [1.82, 2.24) is 4.98 Å². The maximum atomic E-state index is 10.9. The number of thiazole rings is 1. The van der Waals surface area contributed by atoms with Crippen LogP contribution >= 0.6 is 11.3 Å². The molecule has 2 aromatic rings. The number of non-ortho nitro benzene ring substituents is 1. The number of carbonyl (C=O) groups excluding carboxylic acids is 1. The Bertz CT molecular complexity index is 568. The fourth-order valence-electron chi connectivity index (χ4n) is 1.34. The van der Waals surface area contributed by atoms with Gasteiger partial charge in [0.05, 0.1) is 20.9 Å². The van der Waals surface area contributed by atoms with Gasteiger partial charge < -0.3 is 4.74 Å². The molecule has 0 aliphatic carbocycles. The number of rotatable bonds is 5. The third-order valence-corrected chi connectivity index (χ3v) is 2.94. The summed E-state index contributed by atoms with van der Waals surface area (Å²) in [5.74, 6) is 0.323. The third kappa shape index (κ3) is 2.69. The highest BCUT2D eigenvalue weighted by molar-refractivity contribution is 7.09. The minimum Gasteiger partial charge on any atom is -0.487 e. The van der Waals surface area contributed by atoms with Gasteiger partial charge >= 0.3 is 0 Å². The van der Waals surface area contributed by atoms with E-state index in [1.807, 2.05) is 0 Å². The number of hydrogen-bond acceptors (Lipinski definition) is 6. The molecule has 0 atom stereocenters. The van der Waals surface area contributed by atoms with E-state index >= 15 is 0 Å². The van der Waals surface area contributed by atoms with Crippen molar-refractivity contribution in [2.45, 2.75) is 6.61 Å². The number of nitro groups is 1. The molecule has 0 bridgehead atoms. The van der Waals surface area contributed by atoms with Gasteiger partial charge in [-0.15, -0.1) is 11.3 Å². The summed E-state index contributed by atoms with van der Waals surface area (Å²) in [5.41, 5.74) is 1.70. The molecule has 1 aromatic heterocycles. The number of hydrogen-bond donors (Lipinski definition) is 0. The van der Waals surface area contributed by atoms with Crippen LogP contribution in [0, 0.1) is 10.1 Å². The van der Waals surface area contributed by atoms with Crippen molar-refractivity contribution in [1.29, 1.82) is 0 Å².